The minimum Gasteiger partial charge on any atom is -0.493 e. The Balaban J connectivity index is 1.69. The Morgan fingerprint density at radius 1 is 0.392 bits per heavy atom. The fourth-order valence-electron chi connectivity index (χ4n) is 9.75. The van der Waals surface area contributed by atoms with Crippen molar-refractivity contribution in [1.29, 1.82) is 0 Å². The molecule has 0 unspecified atom stereocenters. The van der Waals surface area contributed by atoms with E-state index in [2.05, 4.69) is 141 Å². The van der Waals surface area contributed by atoms with Gasteiger partial charge >= 0.3 is 0 Å². The SMILES string of the molecule is CCCOc1c2cc(C(C)(C)C)cc1Cc1cc(CCCSCCC)cc3c1OCCOCCOCCOCCOCCOc1c(cc(CCCSCCC)cc1Cc1cc(C(C)(C)C)cc(c1OCCC)C3)C2. The number of fused-ring (bicyclic) bond motifs is 2. The van der Waals surface area contributed by atoms with E-state index in [0.29, 0.717) is 105 Å². The van der Waals surface area contributed by atoms with Gasteiger partial charge in [-0.05, 0) is 152 Å². The third kappa shape index (κ3) is 18.7. The van der Waals surface area contributed by atoms with E-state index in [4.69, 9.17) is 37.9 Å². The van der Waals surface area contributed by atoms with E-state index in [1.807, 2.05) is 0 Å². The van der Waals surface area contributed by atoms with Gasteiger partial charge in [-0.15, -0.1) is 0 Å². The van der Waals surface area contributed by atoms with E-state index in [1.54, 1.807) is 0 Å². The smallest absolute Gasteiger partial charge is 0.126 e. The second kappa shape index (κ2) is 31.1. The van der Waals surface area contributed by atoms with Crippen molar-refractivity contribution < 1.29 is 37.9 Å². The Kier molecular flexibility index (Phi) is 25.2. The van der Waals surface area contributed by atoms with E-state index < -0.39 is 0 Å². The second-order valence-corrected chi connectivity index (χ2v) is 24.7. The molecular formula is C64H94O8S2. The number of hydrogen-bond donors (Lipinski definition) is 0. The van der Waals surface area contributed by atoms with Crippen LogP contribution in [0.5, 0.6) is 23.0 Å². The zero-order valence-corrected chi connectivity index (χ0v) is 49.1. The quantitative estimate of drug-likeness (QED) is 0.0792. The van der Waals surface area contributed by atoms with Crippen molar-refractivity contribution in [2.75, 3.05) is 102 Å². The predicted octanol–water partition coefficient (Wildman–Crippen LogP) is 14.5. The van der Waals surface area contributed by atoms with Crippen LogP contribution in [0.1, 0.15) is 175 Å². The topological polar surface area (TPSA) is 73.8 Å². The van der Waals surface area contributed by atoms with E-state index in [9.17, 15) is 0 Å². The maximum atomic E-state index is 7.13. The Labute approximate surface area is 456 Å². The molecule has 1 aliphatic heterocycles. The van der Waals surface area contributed by atoms with Gasteiger partial charge in [-0.2, -0.15) is 23.5 Å². The van der Waals surface area contributed by atoms with Gasteiger partial charge in [0.15, 0.2) is 0 Å². The summed E-state index contributed by atoms with van der Waals surface area (Å²) in [5.74, 6) is 8.48. The first-order valence-corrected chi connectivity index (χ1v) is 30.7. The fourth-order valence-corrected chi connectivity index (χ4v) is 11.4. The Bertz CT molecular complexity index is 2050. The summed E-state index contributed by atoms with van der Waals surface area (Å²) in [6.07, 6.45) is 11.0. The van der Waals surface area contributed by atoms with E-state index in [-0.39, 0.29) is 10.8 Å². The molecule has 0 amide bonds. The molecule has 4 aromatic carbocycles. The molecule has 8 nitrogen and oxygen atoms in total. The van der Waals surface area contributed by atoms with Crippen molar-refractivity contribution in [3.05, 3.63) is 115 Å². The van der Waals surface area contributed by atoms with Crippen LogP contribution in [0.15, 0.2) is 48.5 Å². The number of aryl methyl sites for hydroxylation is 2. The zero-order valence-electron chi connectivity index (χ0n) is 47.5. The molecule has 0 saturated carbocycles. The molecule has 0 radical (unpaired) electrons. The summed E-state index contributed by atoms with van der Waals surface area (Å²) in [5.41, 5.74) is 14.5. The van der Waals surface area contributed by atoms with E-state index in [1.165, 1.54) is 91.1 Å². The van der Waals surface area contributed by atoms with Crippen LogP contribution in [0, 0.1) is 0 Å². The fraction of sp³-hybridized carbons (Fsp3) is 0.625. The van der Waals surface area contributed by atoms with Crippen molar-refractivity contribution >= 4 is 23.5 Å². The third-order valence-electron chi connectivity index (χ3n) is 13.5. The Morgan fingerprint density at radius 3 is 0.986 bits per heavy atom. The average Bonchev–Trinajstić information content (AvgIpc) is 3.35. The maximum absolute atomic E-state index is 7.13. The lowest BCUT2D eigenvalue weighted by Gasteiger charge is -2.28. The van der Waals surface area contributed by atoms with Gasteiger partial charge in [0.2, 0.25) is 0 Å². The highest BCUT2D eigenvalue weighted by atomic mass is 32.2. The number of ether oxygens (including phenoxy) is 8. The highest BCUT2D eigenvalue weighted by Crippen LogP contribution is 2.43. The normalized spacial score (nSPS) is 15.5. The molecular weight excluding hydrogens is 961 g/mol. The number of benzene rings is 4. The summed E-state index contributed by atoms with van der Waals surface area (Å²) in [6.45, 7) is 28.8. The summed E-state index contributed by atoms with van der Waals surface area (Å²) in [5, 5.41) is 0. The first-order valence-electron chi connectivity index (χ1n) is 28.4. The summed E-state index contributed by atoms with van der Waals surface area (Å²) in [6, 6.07) is 19.5. The van der Waals surface area contributed by atoms with Gasteiger partial charge in [-0.3, -0.25) is 0 Å². The molecule has 0 aromatic heterocycles. The molecule has 1 heterocycles. The number of thioether (sulfide) groups is 2. The van der Waals surface area contributed by atoms with Crippen molar-refractivity contribution in [2.24, 2.45) is 0 Å². The largest absolute Gasteiger partial charge is 0.493 e. The Morgan fingerprint density at radius 2 is 0.703 bits per heavy atom. The lowest BCUT2D eigenvalue weighted by molar-refractivity contribution is -0.00706. The summed E-state index contributed by atoms with van der Waals surface area (Å²) in [7, 11) is 0. The van der Waals surface area contributed by atoms with E-state index in [0.717, 1.165) is 73.0 Å². The van der Waals surface area contributed by atoms with Crippen molar-refractivity contribution in [3.8, 4) is 23.0 Å². The van der Waals surface area contributed by atoms with Crippen LogP contribution in [0.3, 0.4) is 0 Å². The standard InChI is InChI=1S/C64H94O8S2/c1-11-19-69-61-53-39-49-35-47(17-15-33-73-31-13-3)37-51-41-55-45-58(64(8,9)10)46-56(62(55)70-20-12-2)42-52-38-48(18-16-34-74-32-14-4)36-50(40-54(61)44-57(43-53)63(5,6)7)60(52)72-30-28-68-26-24-66-22-21-65-23-25-67-27-29-71-59(49)51/h35-38,43-46H,11-34,39-42H2,1-10H3. The zero-order chi connectivity index (χ0) is 52.8. The molecule has 74 heavy (non-hydrogen) atoms. The van der Waals surface area contributed by atoms with Crippen LogP contribution in [-0.4, -0.2) is 102 Å². The van der Waals surface area contributed by atoms with Crippen molar-refractivity contribution in [3.63, 3.8) is 0 Å². The van der Waals surface area contributed by atoms with Crippen LogP contribution >= 0.6 is 23.5 Å². The molecule has 10 heteroatoms. The number of rotatable bonds is 18. The highest BCUT2D eigenvalue weighted by Gasteiger charge is 2.28. The predicted molar refractivity (Wildman–Crippen MR) is 312 cm³/mol. The summed E-state index contributed by atoms with van der Waals surface area (Å²) < 4.78 is 52.5. The van der Waals surface area contributed by atoms with Crippen LogP contribution in [0.4, 0.5) is 0 Å². The molecule has 6 rings (SSSR count). The van der Waals surface area contributed by atoms with Crippen molar-refractivity contribution in [1.82, 2.24) is 0 Å². The van der Waals surface area contributed by atoms with Crippen LogP contribution in [0.25, 0.3) is 0 Å². The van der Waals surface area contributed by atoms with Gasteiger partial charge in [0, 0.05) is 25.7 Å². The van der Waals surface area contributed by atoms with Gasteiger partial charge in [-0.1, -0.05) is 118 Å². The van der Waals surface area contributed by atoms with Gasteiger partial charge in [0.1, 0.15) is 36.2 Å². The molecule has 0 fully saturated rings. The number of hydrogen-bond acceptors (Lipinski definition) is 10. The molecule has 0 atom stereocenters. The third-order valence-corrected chi connectivity index (χ3v) is 16.1. The average molecular weight is 1060 g/mol. The molecule has 410 valence electrons. The van der Waals surface area contributed by atoms with Crippen LogP contribution in [-0.2, 0) is 68.3 Å². The van der Waals surface area contributed by atoms with Gasteiger partial charge in [0.25, 0.3) is 0 Å². The van der Waals surface area contributed by atoms with Crippen LogP contribution < -0.4 is 18.9 Å². The highest BCUT2D eigenvalue weighted by molar-refractivity contribution is 7.99. The lowest BCUT2D eigenvalue weighted by atomic mass is 9.81. The maximum Gasteiger partial charge on any atom is 0.126 e. The van der Waals surface area contributed by atoms with Crippen molar-refractivity contribution in [2.45, 2.75) is 157 Å². The molecule has 1 aliphatic carbocycles. The lowest BCUT2D eigenvalue weighted by Crippen LogP contribution is -2.17. The second-order valence-electron chi connectivity index (χ2n) is 22.2. The molecule has 0 saturated heterocycles. The molecule has 2 aliphatic rings. The first-order chi connectivity index (χ1) is 35.8. The minimum atomic E-state index is -0.120. The first kappa shape index (κ1) is 59.9. The molecule has 0 N–H and O–H groups in total. The van der Waals surface area contributed by atoms with Crippen LogP contribution in [0.2, 0.25) is 0 Å². The minimum absolute atomic E-state index is 0.120. The summed E-state index contributed by atoms with van der Waals surface area (Å²) >= 11 is 4.12. The monoisotopic (exact) mass is 1050 g/mol. The molecule has 4 aromatic rings. The molecule has 0 spiro atoms. The Hall–Kier alpha value is -3.38. The van der Waals surface area contributed by atoms with E-state index >= 15 is 0 Å². The van der Waals surface area contributed by atoms with Gasteiger partial charge < -0.3 is 37.9 Å². The summed E-state index contributed by atoms with van der Waals surface area (Å²) in [4.78, 5) is 0. The van der Waals surface area contributed by atoms with Gasteiger partial charge in [-0.25, -0.2) is 0 Å². The molecule has 10 bridgehead atoms. The van der Waals surface area contributed by atoms with Gasteiger partial charge in [0.05, 0.1) is 66.1 Å².